The average Bonchev–Trinajstić information content (AvgIpc) is 2.34. The van der Waals surface area contributed by atoms with E-state index in [0.717, 1.165) is 6.42 Å². The minimum absolute atomic E-state index is 0.0756. The van der Waals surface area contributed by atoms with E-state index in [9.17, 15) is 0 Å². The normalized spacial score (nSPS) is 12.4. The first-order chi connectivity index (χ1) is 8.58. The molecule has 0 aromatic heterocycles. The molecule has 0 aliphatic rings. The molecular formula is C17H21N. The number of benzene rings is 2. The first-order valence-electron chi connectivity index (χ1n) is 6.45. The van der Waals surface area contributed by atoms with Gasteiger partial charge in [0.1, 0.15) is 0 Å². The minimum atomic E-state index is 0.0756. The molecule has 0 saturated heterocycles. The van der Waals surface area contributed by atoms with Crippen molar-refractivity contribution in [3.63, 3.8) is 0 Å². The second-order valence-corrected chi connectivity index (χ2v) is 5.10. The van der Waals surface area contributed by atoms with Gasteiger partial charge in [0, 0.05) is 6.04 Å². The molecule has 1 atom stereocenters. The molecule has 0 amide bonds. The van der Waals surface area contributed by atoms with Crippen molar-refractivity contribution in [2.45, 2.75) is 33.2 Å². The van der Waals surface area contributed by atoms with Gasteiger partial charge in [0.15, 0.2) is 0 Å². The summed E-state index contributed by atoms with van der Waals surface area (Å²) in [7, 11) is 0. The summed E-state index contributed by atoms with van der Waals surface area (Å²) < 4.78 is 0. The molecule has 0 aliphatic carbocycles. The van der Waals surface area contributed by atoms with Crippen LogP contribution in [0.2, 0.25) is 0 Å². The molecule has 2 rings (SSSR count). The molecule has 2 aromatic carbocycles. The van der Waals surface area contributed by atoms with E-state index >= 15 is 0 Å². The van der Waals surface area contributed by atoms with Crippen molar-refractivity contribution in [3.8, 4) is 0 Å². The lowest BCUT2D eigenvalue weighted by Crippen LogP contribution is -2.15. The Morgan fingerprint density at radius 2 is 1.67 bits per heavy atom. The Kier molecular flexibility index (Phi) is 3.83. The molecule has 0 spiro atoms. The molecule has 1 nitrogen and oxygen atoms in total. The van der Waals surface area contributed by atoms with Crippen LogP contribution in [0.1, 0.15) is 33.9 Å². The predicted molar refractivity (Wildman–Crippen MR) is 77.7 cm³/mol. The van der Waals surface area contributed by atoms with Gasteiger partial charge in [-0.05, 0) is 49.4 Å². The van der Waals surface area contributed by atoms with Crippen molar-refractivity contribution in [1.29, 1.82) is 0 Å². The summed E-state index contributed by atoms with van der Waals surface area (Å²) in [5, 5.41) is 0. The van der Waals surface area contributed by atoms with Crippen molar-refractivity contribution >= 4 is 0 Å². The fourth-order valence-electron chi connectivity index (χ4n) is 2.37. The topological polar surface area (TPSA) is 26.0 Å². The highest BCUT2D eigenvalue weighted by Crippen LogP contribution is 2.21. The van der Waals surface area contributed by atoms with Crippen LogP contribution in [0.3, 0.4) is 0 Å². The molecule has 1 heteroatoms. The number of hydrogen-bond donors (Lipinski definition) is 1. The van der Waals surface area contributed by atoms with E-state index in [0.29, 0.717) is 0 Å². The lowest BCUT2D eigenvalue weighted by Gasteiger charge is -2.16. The fraction of sp³-hybridized carbons (Fsp3) is 0.294. The maximum atomic E-state index is 6.35. The molecule has 94 valence electrons. The van der Waals surface area contributed by atoms with Gasteiger partial charge in [-0.3, -0.25) is 0 Å². The van der Waals surface area contributed by atoms with E-state index in [-0.39, 0.29) is 6.04 Å². The number of rotatable bonds is 3. The van der Waals surface area contributed by atoms with Crippen LogP contribution in [0.5, 0.6) is 0 Å². The summed E-state index contributed by atoms with van der Waals surface area (Å²) in [5.74, 6) is 0. The van der Waals surface area contributed by atoms with E-state index in [2.05, 4.69) is 63.2 Å². The summed E-state index contributed by atoms with van der Waals surface area (Å²) in [6.07, 6.45) is 0.901. The summed E-state index contributed by atoms with van der Waals surface area (Å²) >= 11 is 0. The molecule has 18 heavy (non-hydrogen) atoms. The van der Waals surface area contributed by atoms with E-state index in [1.165, 1.54) is 27.8 Å². The van der Waals surface area contributed by atoms with Crippen molar-refractivity contribution in [3.05, 3.63) is 70.3 Å². The van der Waals surface area contributed by atoms with Gasteiger partial charge in [-0.15, -0.1) is 0 Å². The van der Waals surface area contributed by atoms with Crippen LogP contribution in [0.25, 0.3) is 0 Å². The van der Waals surface area contributed by atoms with E-state index in [1.807, 2.05) is 0 Å². The number of nitrogens with two attached hydrogens (primary N) is 1. The average molecular weight is 239 g/mol. The van der Waals surface area contributed by atoms with Gasteiger partial charge in [-0.2, -0.15) is 0 Å². The second kappa shape index (κ2) is 5.36. The van der Waals surface area contributed by atoms with E-state index < -0.39 is 0 Å². The van der Waals surface area contributed by atoms with Crippen molar-refractivity contribution in [1.82, 2.24) is 0 Å². The predicted octanol–water partition coefficient (Wildman–Crippen LogP) is 3.85. The third kappa shape index (κ3) is 2.80. The minimum Gasteiger partial charge on any atom is -0.324 e. The summed E-state index contributed by atoms with van der Waals surface area (Å²) in [5.41, 5.74) is 12.8. The Morgan fingerprint density at radius 1 is 0.944 bits per heavy atom. The van der Waals surface area contributed by atoms with Crippen molar-refractivity contribution in [2.75, 3.05) is 0 Å². The van der Waals surface area contributed by atoms with Gasteiger partial charge < -0.3 is 5.73 Å². The number of hydrogen-bond acceptors (Lipinski definition) is 1. The van der Waals surface area contributed by atoms with Gasteiger partial charge >= 0.3 is 0 Å². The van der Waals surface area contributed by atoms with Gasteiger partial charge in [0.2, 0.25) is 0 Å². The highest BCUT2D eigenvalue weighted by Gasteiger charge is 2.10. The zero-order chi connectivity index (χ0) is 13.1. The van der Waals surface area contributed by atoms with Crippen molar-refractivity contribution < 1.29 is 0 Å². The summed E-state index contributed by atoms with van der Waals surface area (Å²) in [6, 6.07) is 15.0. The van der Waals surface area contributed by atoms with Gasteiger partial charge in [0.25, 0.3) is 0 Å². The molecule has 0 aliphatic heterocycles. The zero-order valence-electron chi connectivity index (χ0n) is 11.4. The molecule has 0 radical (unpaired) electrons. The fourth-order valence-corrected chi connectivity index (χ4v) is 2.37. The van der Waals surface area contributed by atoms with E-state index in [4.69, 9.17) is 5.73 Å². The smallest absolute Gasteiger partial charge is 0.0338 e. The van der Waals surface area contributed by atoms with Crippen LogP contribution in [0.4, 0.5) is 0 Å². The first kappa shape index (κ1) is 12.8. The lowest BCUT2D eigenvalue weighted by molar-refractivity contribution is 0.713. The summed E-state index contributed by atoms with van der Waals surface area (Å²) in [4.78, 5) is 0. The highest BCUT2D eigenvalue weighted by molar-refractivity contribution is 5.34. The maximum absolute atomic E-state index is 6.35. The quantitative estimate of drug-likeness (QED) is 0.865. The largest absolute Gasteiger partial charge is 0.324 e. The van der Waals surface area contributed by atoms with Crippen molar-refractivity contribution in [2.24, 2.45) is 5.73 Å². The SMILES string of the molecule is Cc1ccc(C)c(CC(N)c2ccccc2C)c1. The third-order valence-electron chi connectivity index (χ3n) is 3.53. The van der Waals surface area contributed by atoms with Crippen LogP contribution >= 0.6 is 0 Å². The van der Waals surface area contributed by atoms with Crippen LogP contribution in [-0.4, -0.2) is 0 Å². The van der Waals surface area contributed by atoms with Gasteiger partial charge in [0.05, 0.1) is 0 Å². The Bertz CT molecular complexity index is 543. The molecular weight excluding hydrogens is 218 g/mol. The molecule has 0 heterocycles. The van der Waals surface area contributed by atoms with Gasteiger partial charge in [-0.1, -0.05) is 48.0 Å². The monoisotopic (exact) mass is 239 g/mol. The molecule has 1 unspecified atom stereocenters. The standard InChI is InChI=1S/C17H21N/c1-12-8-9-13(2)15(10-12)11-17(18)16-7-5-4-6-14(16)3/h4-10,17H,11,18H2,1-3H3. The molecule has 2 N–H and O–H groups in total. The third-order valence-corrected chi connectivity index (χ3v) is 3.53. The van der Waals surface area contributed by atoms with Gasteiger partial charge in [-0.25, -0.2) is 0 Å². The Hall–Kier alpha value is -1.60. The maximum Gasteiger partial charge on any atom is 0.0338 e. The van der Waals surface area contributed by atoms with Crippen LogP contribution in [0, 0.1) is 20.8 Å². The molecule has 0 bridgehead atoms. The highest BCUT2D eigenvalue weighted by atomic mass is 14.6. The Morgan fingerprint density at radius 3 is 2.39 bits per heavy atom. The number of aryl methyl sites for hydroxylation is 3. The molecule has 0 fully saturated rings. The summed E-state index contributed by atoms with van der Waals surface area (Å²) in [6.45, 7) is 6.40. The Labute approximate surface area is 110 Å². The first-order valence-corrected chi connectivity index (χ1v) is 6.45. The van der Waals surface area contributed by atoms with Crippen LogP contribution < -0.4 is 5.73 Å². The zero-order valence-corrected chi connectivity index (χ0v) is 11.4. The molecule has 0 saturated carbocycles. The lowest BCUT2D eigenvalue weighted by atomic mass is 9.93. The van der Waals surface area contributed by atoms with E-state index in [1.54, 1.807) is 0 Å². The van der Waals surface area contributed by atoms with Crippen LogP contribution in [-0.2, 0) is 6.42 Å². The Balaban J connectivity index is 2.24. The molecule has 2 aromatic rings. The second-order valence-electron chi connectivity index (χ2n) is 5.10. The van der Waals surface area contributed by atoms with Crippen LogP contribution in [0.15, 0.2) is 42.5 Å².